The fourth-order valence-electron chi connectivity index (χ4n) is 2.13. The highest BCUT2D eigenvalue weighted by atomic mass is 16.6. The number of rotatable bonds is 10. The standard InChI is InChI=1S/C20H24N2O5/c21-18(19(23)26-14-16-8-3-1-4-9-16)25-13-7-12-22-20(24)27-15-17-10-5-2-6-11-17/h1-6,8-11,18H,7,12-15,21H2,(H,22,24)/t18-/m0/s1. The Morgan fingerprint density at radius 1 is 0.889 bits per heavy atom. The first-order chi connectivity index (χ1) is 13.1. The van der Waals surface area contributed by atoms with Crippen molar-refractivity contribution in [3.05, 3.63) is 71.8 Å². The lowest BCUT2D eigenvalue weighted by atomic mass is 10.2. The van der Waals surface area contributed by atoms with E-state index in [1.54, 1.807) is 0 Å². The minimum absolute atomic E-state index is 0.144. The molecule has 0 bridgehead atoms. The van der Waals surface area contributed by atoms with Crippen molar-refractivity contribution in [2.45, 2.75) is 25.9 Å². The zero-order chi connectivity index (χ0) is 19.3. The molecule has 1 atom stereocenters. The zero-order valence-electron chi connectivity index (χ0n) is 15.0. The third kappa shape index (κ3) is 8.35. The molecule has 0 spiro atoms. The zero-order valence-corrected chi connectivity index (χ0v) is 15.0. The molecular formula is C20H24N2O5. The predicted octanol–water partition coefficient (Wildman–Crippen LogP) is 2.35. The van der Waals surface area contributed by atoms with Gasteiger partial charge in [0.2, 0.25) is 6.23 Å². The van der Waals surface area contributed by atoms with Gasteiger partial charge in [0.1, 0.15) is 13.2 Å². The molecule has 0 aromatic heterocycles. The van der Waals surface area contributed by atoms with Crippen LogP contribution in [0.25, 0.3) is 0 Å². The number of nitrogens with one attached hydrogen (secondary N) is 1. The summed E-state index contributed by atoms with van der Waals surface area (Å²) >= 11 is 0. The molecule has 0 aliphatic heterocycles. The lowest BCUT2D eigenvalue weighted by Crippen LogP contribution is -2.36. The topological polar surface area (TPSA) is 99.9 Å². The van der Waals surface area contributed by atoms with E-state index in [1.807, 2.05) is 60.7 Å². The molecule has 2 rings (SSSR count). The van der Waals surface area contributed by atoms with E-state index in [2.05, 4.69) is 5.32 Å². The maximum Gasteiger partial charge on any atom is 0.407 e. The van der Waals surface area contributed by atoms with Crippen molar-refractivity contribution in [1.29, 1.82) is 0 Å². The van der Waals surface area contributed by atoms with Crippen molar-refractivity contribution in [1.82, 2.24) is 5.32 Å². The second-order valence-corrected chi connectivity index (χ2v) is 5.73. The quantitative estimate of drug-likeness (QED) is 0.377. The third-order valence-corrected chi connectivity index (χ3v) is 3.56. The van der Waals surface area contributed by atoms with Crippen LogP contribution in [0.5, 0.6) is 0 Å². The molecule has 0 saturated heterocycles. The molecule has 0 fully saturated rings. The highest BCUT2D eigenvalue weighted by Gasteiger charge is 2.15. The van der Waals surface area contributed by atoms with Crippen LogP contribution in [0.2, 0.25) is 0 Å². The fraction of sp³-hybridized carbons (Fsp3) is 0.300. The summed E-state index contributed by atoms with van der Waals surface area (Å²) in [7, 11) is 0. The molecule has 2 aromatic rings. The summed E-state index contributed by atoms with van der Waals surface area (Å²) in [4.78, 5) is 23.3. The third-order valence-electron chi connectivity index (χ3n) is 3.56. The van der Waals surface area contributed by atoms with E-state index >= 15 is 0 Å². The predicted molar refractivity (Wildman–Crippen MR) is 99.4 cm³/mol. The Labute approximate surface area is 158 Å². The van der Waals surface area contributed by atoms with Gasteiger partial charge in [-0.2, -0.15) is 0 Å². The van der Waals surface area contributed by atoms with Crippen LogP contribution < -0.4 is 11.1 Å². The molecule has 7 heteroatoms. The lowest BCUT2D eigenvalue weighted by Gasteiger charge is -2.13. The van der Waals surface area contributed by atoms with Crippen LogP contribution in [-0.4, -0.2) is 31.4 Å². The smallest absolute Gasteiger partial charge is 0.407 e. The van der Waals surface area contributed by atoms with E-state index in [1.165, 1.54) is 0 Å². The molecule has 3 N–H and O–H groups in total. The molecular weight excluding hydrogens is 348 g/mol. The van der Waals surface area contributed by atoms with Gasteiger partial charge in [-0.3, -0.25) is 5.73 Å². The normalized spacial score (nSPS) is 11.4. The van der Waals surface area contributed by atoms with E-state index in [0.717, 1.165) is 11.1 Å². The Morgan fingerprint density at radius 3 is 2.04 bits per heavy atom. The van der Waals surface area contributed by atoms with Crippen LogP contribution in [0.4, 0.5) is 4.79 Å². The lowest BCUT2D eigenvalue weighted by molar-refractivity contribution is -0.158. The van der Waals surface area contributed by atoms with Gasteiger partial charge in [-0.05, 0) is 17.5 Å². The van der Waals surface area contributed by atoms with E-state index in [4.69, 9.17) is 19.9 Å². The monoisotopic (exact) mass is 372 g/mol. The van der Waals surface area contributed by atoms with Crippen LogP contribution in [0.3, 0.4) is 0 Å². The van der Waals surface area contributed by atoms with Crippen molar-refractivity contribution in [3.8, 4) is 0 Å². The average Bonchev–Trinajstić information content (AvgIpc) is 2.71. The van der Waals surface area contributed by atoms with Crippen LogP contribution in [0.1, 0.15) is 17.5 Å². The number of esters is 1. The Morgan fingerprint density at radius 2 is 1.44 bits per heavy atom. The molecule has 0 unspecified atom stereocenters. The first kappa shape index (κ1) is 20.4. The van der Waals surface area contributed by atoms with E-state index in [-0.39, 0.29) is 19.8 Å². The van der Waals surface area contributed by atoms with Gasteiger partial charge in [0, 0.05) is 6.54 Å². The summed E-state index contributed by atoms with van der Waals surface area (Å²) in [5.41, 5.74) is 7.41. The van der Waals surface area contributed by atoms with Gasteiger partial charge >= 0.3 is 12.1 Å². The molecule has 0 saturated carbocycles. The first-order valence-corrected chi connectivity index (χ1v) is 8.67. The van der Waals surface area contributed by atoms with Crippen LogP contribution >= 0.6 is 0 Å². The highest BCUT2D eigenvalue weighted by molar-refractivity contribution is 5.73. The van der Waals surface area contributed by atoms with E-state index in [9.17, 15) is 9.59 Å². The summed E-state index contributed by atoms with van der Waals surface area (Å²) in [6.45, 7) is 0.910. The van der Waals surface area contributed by atoms with Gasteiger partial charge in [-0.25, -0.2) is 9.59 Å². The number of amides is 1. The maximum absolute atomic E-state index is 11.7. The van der Waals surface area contributed by atoms with Gasteiger partial charge in [-0.15, -0.1) is 0 Å². The largest absolute Gasteiger partial charge is 0.458 e. The summed E-state index contributed by atoms with van der Waals surface area (Å²) in [5.74, 6) is -0.630. The van der Waals surface area contributed by atoms with Gasteiger partial charge in [0.15, 0.2) is 0 Å². The van der Waals surface area contributed by atoms with Crippen LogP contribution in [0, 0.1) is 0 Å². The van der Waals surface area contributed by atoms with Gasteiger partial charge in [0.05, 0.1) is 6.61 Å². The van der Waals surface area contributed by atoms with Crippen LogP contribution in [0.15, 0.2) is 60.7 Å². The summed E-state index contributed by atoms with van der Waals surface area (Å²) < 4.78 is 15.4. The number of carbonyl (C=O) groups is 2. The maximum atomic E-state index is 11.7. The molecule has 0 radical (unpaired) electrons. The molecule has 27 heavy (non-hydrogen) atoms. The van der Waals surface area contributed by atoms with Crippen LogP contribution in [-0.2, 0) is 32.2 Å². The van der Waals surface area contributed by atoms with Crippen molar-refractivity contribution < 1.29 is 23.8 Å². The minimum Gasteiger partial charge on any atom is -0.458 e. The first-order valence-electron chi connectivity index (χ1n) is 8.67. The fourth-order valence-corrected chi connectivity index (χ4v) is 2.13. The molecule has 144 valence electrons. The number of hydrogen-bond donors (Lipinski definition) is 2. The van der Waals surface area contributed by atoms with Crippen molar-refractivity contribution in [2.24, 2.45) is 5.73 Å². The number of ether oxygens (including phenoxy) is 3. The SMILES string of the molecule is N[C@@H](OCCCNC(=O)OCc1ccccc1)C(=O)OCc1ccccc1. The van der Waals surface area contributed by atoms with E-state index in [0.29, 0.717) is 13.0 Å². The van der Waals surface area contributed by atoms with E-state index < -0.39 is 18.3 Å². The van der Waals surface area contributed by atoms with Gasteiger partial charge in [-0.1, -0.05) is 60.7 Å². The van der Waals surface area contributed by atoms with Crippen molar-refractivity contribution in [3.63, 3.8) is 0 Å². The average molecular weight is 372 g/mol. The molecule has 1 amide bonds. The number of carbonyl (C=O) groups excluding carboxylic acids is 2. The van der Waals surface area contributed by atoms with Gasteiger partial charge < -0.3 is 19.5 Å². The number of alkyl carbamates (subject to hydrolysis) is 1. The number of benzene rings is 2. The van der Waals surface area contributed by atoms with Crippen molar-refractivity contribution in [2.75, 3.05) is 13.2 Å². The Kier molecular flexibility index (Phi) is 8.82. The summed E-state index contributed by atoms with van der Waals surface area (Å²) in [6.07, 6.45) is -1.18. The second-order valence-electron chi connectivity index (χ2n) is 5.73. The molecule has 0 heterocycles. The Bertz CT molecular complexity index is 694. The Hall–Kier alpha value is -2.90. The summed E-state index contributed by atoms with van der Waals surface area (Å²) in [5, 5.41) is 2.60. The number of nitrogens with two attached hydrogens (primary N) is 1. The number of hydrogen-bond acceptors (Lipinski definition) is 6. The molecule has 0 aliphatic rings. The Balaban J connectivity index is 1.51. The summed E-state index contributed by atoms with van der Waals surface area (Å²) in [6, 6.07) is 18.7. The molecule has 2 aromatic carbocycles. The second kappa shape index (κ2) is 11.7. The van der Waals surface area contributed by atoms with Crippen molar-refractivity contribution >= 4 is 12.1 Å². The molecule has 7 nitrogen and oxygen atoms in total. The minimum atomic E-state index is -1.15. The van der Waals surface area contributed by atoms with Gasteiger partial charge in [0.25, 0.3) is 0 Å². The highest BCUT2D eigenvalue weighted by Crippen LogP contribution is 2.02. The molecule has 0 aliphatic carbocycles.